The molecule has 0 aliphatic heterocycles. The number of hydrazone groups is 1. The number of nitrogens with zero attached hydrogens (tertiary/aromatic N) is 4. The number of carboxylic acids is 1. The third kappa shape index (κ3) is 6.17. The second-order valence-corrected chi connectivity index (χ2v) is 7.66. The fourth-order valence-electron chi connectivity index (χ4n) is 2.79. The van der Waals surface area contributed by atoms with Gasteiger partial charge in [0.05, 0.1) is 12.0 Å². The van der Waals surface area contributed by atoms with E-state index in [1.807, 2.05) is 42.7 Å². The van der Waals surface area contributed by atoms with E-state index in [0.29, 0.717) is 23.0 Å². The van der Waals surface area contributed by atoms with Gasteiger partial charge in [0.25, 0.3) is 5.91 Å². The van der Waals surface area contributed by atoms with Crippen molar-refractivity contribution >= 4 is 29.9 Å². The first-order valence-electron chi connectivity index (χ1n) is 9.86. The molecule has 9 nitrogen and oxygen atoms in total. The molecule has 166 valence electrons. The van der Waals surface area contributed by atoms with Crippen molar-refractivity contribution in [1.29, 1.82) is 0 Å². The van der Waals surface area contributed by atoms with E-state index in [-0.39, 0.29) is 11.7 Å². The molecule has 0 aliphatic carbocycles. The van der Waals surface area contributed by atoms with Gasteiger partial charge in [0.2, 0.25) is 0 Å². The predicted octanol–water partition coefficient (Wildman–Crippen LogP) is 2.98. The Morgan fingerprint density at radius 2 is 1.94 bits per heavy atom. The number of para-hydroxylation sites is 1. The number of aryl methyl sites for hydroxylation is 1. The van der Waals surface area contributed by atoms with Gasteiger partial charge in [-0.05, 0) is 26.0 Å². The minimum atomic E-state index is -1.08. The van der Waals surface area contributed by atoms with Gasteiger partial charge in [-0.3, -0.25) is 4.79 Å². The summed E-state index contributed by atoms with van der Waals surface area (Å²) in [7, 11) is 0. The zero-order valence-electron chi connectivity index (χ0n) is 17.7. The van der Waals surface area contributed by atoms with Crippen molar-refractivity contribution in [1.82, 2.24) is 20.2 Å². The van der Waals surface area contributed by atoms with Crippen LogP contribution in [0.25, 0.3) is 11.4 Å². The number of hydrogen-bond acceptors (Lipinski definition) is 7. The van der Waals surface area contributed by atoms with Crippen LogP contribution in [-0.2, 0) is 16.1 Å². The van der Waals surface area contributed by atoms with Crippen LogP contribution in [0.5, 0.6) is 5.75 Å². The summed E-state index contributed by atoms with van der Waals surface area (Å²) in [5.41, 5.74) is 5.14. The molecule has 0 unspecified atom stereocenters. The van der Waals surface area contributed by atoms with Crippen LogP contribution < -0.4 is 10.2 Å². The van der Waals surface area contributed by atoms with Gasteiger partial charge in [-0.25, -0.2) is 10.2 Å². The molecule has 1 heterocycles. The lowest BCUT2D eigenvalue weighted by atomic mass is 10.1. The van der Waals surface area contributed by atoms with Crippen LogP contribution in [0, 0.1) is 6.92 Å². The summed E-state index contributed by atoms with van der Waals surface area (Å²) in [6.07, 6.45) is 1.41. The third-order valence-electron chi connectivity index (χ3n) is 4.34. The quantitative estimate of drug-likeness (QED) is 0.275. The zero-order chi connectivity index (χ0) is 22.9. The van der Waals surface area contributed by atoms with Crippen LogP contribution in [0.3, 0.4) is 0 Å². The van der Waals surface area contributed by atoms with Gasteiger partial charge in [0.1, 0.15) is 5.75 Å². The molecule has 2 N–H and O–H groups in total. The van der Waals surface area contributed by atoms with Crippen molar-refractivity contribution < 1.29 is 19.4 Å². The number of amides is 1. The fourth-order valence-corrected chi connectivity index (χ4v) is 3.59. The first kappa shape index (κ1) is 23.0. The average molecular weight is 454 g/mol. The first-order chi connectivity index (χ1) is 15.5. The van der Waals surface area contributed by atoms with E-state index in [4.69, 9.17) is 9.84 Å². The number of rotatable bonds is 10. The standard InChI is InChI=1S/C22H23N5O4S/c1-3-27-21(16-10-8-15(2)9-11-16)25-26-22(27)32-14-19(28)24-23-12-17-6-4-5-7-18(17)31-13-20(29)30/h4-12H,3,13-14H2,1-2H3,(H,24,28)(H,29,30)/b23-12+. The van der Waals surface area contributed by atoms with Gasteiger partial charge in [0.15, 0.2) is 17.6 Å². The van der Waals surface area contributed by atoms with E-state index >= 15 is 0 Å². The molecule has 0 radical (unpaired) electrons. The molecule has 0 fully saturated rings. The van der Waals surface area contributed by atoms with Gasteiger partial charge in [-0.15, -0.1) is 10.2 Å². The maximum absolute atomic E-state index is 12.2. The van der Waals surface area contributed by atoms with Crippen molar-refractivity contribution in [3.8, 4) is 17.1 Å². The van der Waals surface area contributed by atoms with Crippen molar-refractivity contribution in [2.24, 2.45) is 5.10 Å². The Labute approximate surface area is 189 Å². The maximum atomic E-state index is 12.2. The molecule has 32 heavy (non-hydrogen) atoms. The number of carboxylic acid groups (broad SMARTS) is 1. The van der Waals surface area contributed by atoms with E-state index < -0.39 is 12.6 Å². The highest BCUT2D eigenvalue weighted by Crippen LogP contribution is 2.24. The van der Waals surface area contributed by atoms with Gasteiger partial charge in [0, 0.05) is 17.7 Å². The lowest BCUT2D eigenvalue weighted by Crippen LogP contribution is -2.20. The Hall–Kier alpha value is -3.66. The molecule has 10 heteroatoms. The second kappa shape index (κ2) is 11.1. The highest BCUT2D eigenvalue weighted by molar-refractivity contribution is 7.99. The summed E-state index contributed by atoms with van der Waals surface area (Å²) in [5.74, 6) is -0.154. The number of ether oxygens (including phenoxy) is 1. The summed E-state index contributed by atoms with van der Waals surface area (Å²) in [6, 6.07) is 14.9. The van der Waals surface area contributed by atoms with Crippen molar-refractivity contribution in [2.45, 2.75) is 25.5 Å². The molecular weight excluding hydrogens is 430 g/mol. The number of aliphatic carboxylic acids is 1. The Kier molecular flexibility index (Phi) is 7.98. The molecule has 0 aliphatic rings. The van der Waals surface area contributed by atoms with Crippen molar-refractivity contribution in [2.75, 3.05) is 12.4 Å². The molecule has 0 bridgehead atoms. The molecule has 3 rings (SSSR count). The van der Waals surface area contributed by atoms with Gasteiger partial charge < -0.3 is 14.4 Å². The summed E-state index contributed by atoms with van der Waals surface area (Å²) in [6.45, 7) is 4.24. The highest BCUT2D eigenvalue weighted by Gasteiger charge is 2.14. The maximum Gasteiger partial charge on any atom is 0.341 e. The summed E-state index contributed by atoms with van der Waals surface area (Å²) < 4.78 is 7.17. The second-order valence-electron chi connectivity index (χ2n) is 6.72. The lowest BCUT2D eigenvalue weighted by molar-refractivity contribution is -0.139. The minimum absolute atomic E-state index is 0.112. The van der Waals surface area contributed by atoms with Gasteiger partial charge in [-0.1, -0.05) is 53.7 Å². The molecule has 0 saturated carbocycles. The van der Waals surface area contributed by atoms with Crippen LogP contribution in [-0.4, -0.2) is 50.3 Å². The Bertz CT molecular complexity index is 1110. The van der Waals surface area contributed by atoms with Gasteiger partial charge in [-0.2, -0.15) is 5.10 Å². The number of carbonyl (C=O) groups is 2. The molecule has 3 aromatic rings. The van der Waals surface area contributed by atoms with Crippen LogP contribution in [0.4, 0.5) is 0 Å². The average Bonchev–Trinajstić information content (AvgIpc) is 3.20. The monoisotopic (exact) mass is 453 g/mol. The van der Waals surface area contributed by atoms with Gasteiger partial charge >= 0.3 is 5.97 Å². The third-order valence-corrected chi connectivity index (χ3v) is 5.31. The highest BCUT2D eigenvalue weighted by atomic mass is 32.2. The number of benzene rings is 2. The number of hydrogen-bond donors (Lipinski definition) is 2. The molecule has 0 spiro atoms. The summed E-state index contributed by atoms with van der Waals surface area (Å²) in [4.78, 5) is 22.9. The molecule has 2 aromatic carbocycles. The SMILES string of the molecule is CCn1c(SCC(=O)N/N=C/c2ccccc2OCC(=O)O)nnc1-c1ccc(C)cc1. The van der Waals surface area contributed by atoms with Crippen molar-refractivity contribution in [3.63, 3.8) is 0 Å². The van der Waals surface area contributed by atoms with E-state index in [1.165, 1.54) is 23.5 Å². The molecular formula is C22H23N5O4S. The summed E-state index contributed by atoms with van der Waals surface area (Å²) in [5, 5.41) is 21.8. The number of carbonyl (C=O) groups excluding carboxylic acids is 1. The molecule has 0 atom stereocenters. The fraction of sp³-hybridized carbons (Fsp3) is 0.227. The normalized spacial score (nSPS) is 10.9. The van der Waals surface area contributed by atoms with Crippen LogP contribution in [0.1, 0.15) is 18.1 Å². The Morgan fingerprint density at radius 1 is 1.19 bits per heavy atom. The number of nitrogens with one attached hydrogen (secondary N) is 1. The molecule has 0 saturated heterocycles. The largest absolute Gasteiger partial charge is 0.481 e. The molecule has 1 aromatic heterocycles. The van der Waals surface area contributed by atoms with Crippen LogP contribution >= 0.6 is 11.8 Å². The Balaban J connectivity index is 1.58. The molecule has 1 amide bonds. The zero-order valence-corrected chi connectivity index (χ0v) is 18.5. The predicted molar refractivity (Wildman–Crippen MR) is 122 cm³/mol. The lowest BCUT2D eigenvalue weighted by Gasteiger charge is -2.07. The van der Waals surface area contributed by atoms with E-state index in [1.54, 1.807) is 24.3 Å². The number of aromatic nitrogens is 3. The first-order valence-corrected chi connectivity index (χ1v) is 10.8. The number of thioether (sulfide) groups is 1. The van der Waals surface area contributed by atoms with Crippen LogP contribution in [0.15, 0.2) is 58.8 Å². The smallest absolute Gasteiger partial charge is 0.341 e. The van der Waals surface area contributed by atoms with E-state index in [2.05, 4.69) is 20.7 Å². The van der Waals surface area contributed by atoms with E-state index in [0.717, 1.165) is 11.4 Å². The van der Waals surface area contributed by atoms with E-state index in [9.17, 15) is 9.59 Å². The Morgan fingerprint density at radius 3 is 2.66 bits per heavy atom. The topological polar surface area (TPSA) is 119 Å². The minimum Gasteiger partial charge on any atom is -0.481 e. The van der Waals surface area contributed by atoms with Crippen LogP contribution in [0.2, 0.25) is 0 Å². The van der Waals surface area contributed by atoms with Crippen molar-refractivity contribution in [3.05, 3.63) is 59.7 Å². The summed E-state index contributed by atoms with van der Waals surface area (Å²) >= 11 is 1.27.